The maximum absolute atomic E-state index is 13.9. The van der Waals surface area contributed by atoms with Crippen LogP contribution in [0.25, 0.3) is 0 Å². The lowest BCUT2D eigenvalue weighted by molar-refractivity contribution is -0.0731. The molecule has 2 N–H and O–H groups in total. The normalized spacial score (nSPS) is 29.2. The number of nitrogens with two attached hydrogens (primary N) is 1. The van der Waals surface area contributed by atoms with E-state index < -0.39 is 23.3 Å². The molecule has 1 aliphatic carbocycles. The van der Waals surface area contributed by atoms with E-state index in [4.69, 9.17) is 10.5 Å². The lowest BCUT2D eigenvalue weighted by Gasteiger charge is -2.43. The van der Waals surface area contributed by atoms with Crippen molar-refractivity contribution in [2.45, 2.75) is 44.2 Å². The van der Waals surface area contributed by atoms with Crippen molar-refractivity contribution in [2.75, 3.05) is 7.11 Å². The summed E-state index contributed by atoms with van der Waals surface area (Å²) in [6, 6.07) is 3.06. The maximum Gasteiger partial charge on any atom is 0.131 e. The summed E-state index contributed by atoms with van der Waals surface area (Å²) in [4.78, 5) is 0. The number of benzene rings is 1. The third kappa shape index (κ3) is 2.65. The van der Waals surface area contributed by atoms with Crippen LogP contribution in [-0.2, 0) is 4.74 Å². The van der Waals surface area contributed by atoms with Gasteiger partial charge in [0.1, 0.15) is 11.6 Å². The molecule has 0 spiro atoms. The Morgan fingerprint density at radius 1 is 1.37 bits per heavy atom. The molecular formula is C15H21F2NO. The molecule has 1 aromatic rings. The fraction of sp³-hybridized carbons (Fsp3) is 0.600. The Labute approximate surface area is 112 Å². The molecule has 19 heavy (non-hydrogen) atoms. The van der Waals surface area contributed by atoms with E-state index >= 15 is 0 Å². The largest absolute Gasteiger partial charge is 0.376 e. The van der Waals surface area contributed by atoms with Crippen LogP contribution in [0.4, 0.5) is 8.78 Å². The highest BCUT2D eigenvalue weighted by molar-refractivity contribution is 5.26. The van der Waals surface area contributed by atoms with Gasteiger partial charge < -0.3 is 10.5 Å². The first-order chi connectivity index (χ1) is 9.00. The van der Waals surface area contributed by atoms with Gasteiger partial charge in [0.15, 0.2) is 0 Å². The van der Waals surface area contributed by atoms with Crippen molar-refractivity contribution in [3.05, 3.63) is 35.4 Å². The first-order valence-corrected chi connectivity index (χ1v) is 6.75. The van der Waals surface area contributed by atoms with Crippen LogP contribution in [0.15, 0.2) is 18.2 Å². The monoisotopic (exact) mass is 269 g/mol. The molecule has 1 aliphatic rings. The molecular weight excluding hydrogens is 248 g/mol. The summed E-state index contributed by atoms with van der Waals surface area (Å²) in [6.45, 7) is 2.12. The van der Waals surface area contributed by atoms with Crippen LogP contribution in [0.5, 0.6) is 0 Å². The minimum atomic E-state index is -0.776. The smallest absolute Gasteiger partial charge is 0.131 e. The number of methoxy groups -OCH3 is 1. The molecule has 1 aromatic carbocycles. The Morgan fingerprint density at radius 2 is 2.00 bits per heavy atom. The van der Waals surface area contributed by atoms with Gasteiger partial charge in [-0.2, -0.15) is 0 Å². The summed E-state index contributed by atoms with van der Waals surface area (Å²) < 4.78 is 33.4. The van der Waals surface area contributed by atoms with Gasteiger partial charge in [0.2, 0.25) is 0 Å². The first kappa shape index (κ1) is 14.4. The summed E-state index contributed by atoms with van der Waals surface area (Å²) in [6.07, 6.45) is 3.55. The molecule has 0 bridgehead atoms. The van der Waals surface area contributed by atoms with Crippen molar-refractivity contribution in [2.24, 2.45) is 11.7 Å². The highest BCUT2D eigenvalue weighted by atomic mass is 19.1. The van der Waals surface area contributed by atoms with E-state index in [1.807, 2.05) is 0 Å². The fourth-order valence-electron chi connectivity index (χ4n) is 3.21. The summed E-state index contributed by atoms with van der Waals surface area (Å²) in [5.74, 6) is -0.737. The average molecular weight is 269 g/mol. The Balaban J connectivity index is 2.38. The molecule has 3 unspecified atom stereocenters. The van der Waals surface area contributed by atoms with Crippen molar-refractivity contribution < 1.29 is 13.5 Å². The topological polar surface area (TPSA) is 35.2 Å². The molecule has 106 valence electrons. The molecule has 2 rings (SSSR count). The number of rotatable bonds is 3. The SMILES string of the molecule is COC1(C(N)c2c(F)cccc2F)CCCC(C)C1. The van der Waals surface area contributed by atoms with Crippen LogP contribution in [-0.4, -0.2) is 12.7 Å². The van der Waals surface area contributed by atoms with Crippen molar-refractivity contribution in [3.63, 3.8) is 0 Å². The van der Waals surface area contributed by atoms with Gasteiger partial charge in [-0.15, -0.1) is 0 Å². The number of hydrogen-bond acceptors (Lipinski definition) is 2. The van der Waals surface area contributed by atoms with Gasteiger partial charge in [-0.05, 0) is 30.9 Å². The molecule has 2 nitrogen and oxygen atoms in total. The summed E-state index contributed by atoms with van der Waals surface area (Å²) in [7, 11) is 1.58. The average Bonchev–Trinajstić information content (AvgIpc) is 2.38. The zero-order chi connectivity index (χ0) is 14.0. The Kier molecular flexibility index (Phi) is 4.21. The predicted octanol–water partition coefficient (Wildman–Crippen LogP) is 3.56. The van der Waals surface area contributed by atoms with Crippen LogP contribution in [0.2, 0.25) is 0 Å². The molecule has 1 fully saturated rings. The van der Waals surface area contributed by atoms with Crippen molar-refractivity contribution in [1.82, 2.24) is 0 Å². The highest BCUT2D eigenvalue weighted by Crippen LogP contribution is 2.43. The van der Waals surface area contributed by atoms with Gasteiger partial charge in [-0.1, -0.05) is 25.8 Å². The second-order valence-electron chi connectivity index (χ2n) is 5.58. The van der Waals surface area contributed by atoms with E-state index in [9.17, 15) is 8.78 Å². The zero-order valence-electron chi connectivity index (χ0n) is 11.5. The quantitative estimate of drug-likeness (QED) is 0.910. The minimum absolute atomic E-state index is 0.0570. The van der Waals surface area contributed by atoms with E-state index in [1.165, 1.54) is 18.2 Å². The Bertz CT molecular complexity index is 432. The third-order valence-electron chi connectivity index (χ3n) is 4.27. The maximum atomic E-state index is 13.9. The van der Waals surface area contributed by atoms with Crippen LogP contribution >= 0.6 is 0 Å². The summed E-state index contributed by atoms with van der Waals surface area (Å²) in [5, 5.41) is 0. The second-order valence-corrected chi connectivity index (χ2v) is 5.58. The van der Waals surface area contributed by atoms with Crippen LogP contribution in [0.3, 0.4) is 0 Å². The van der Waals surface area contributed by atoms with Crippen molar-refractivity contribution >= 4 is 0 Å². The molecule has 0 aromatic heterocycles. The third-order valence-corrected chi connectivity index (χ3v) is 4.27. The van der Waals surface area contributed by atoms with Crippen molar-refractivity contribution in [1.29, 1.82) is 0 Å². The number of halogens is 2. The molecule has 3 atom stereocenters. The van der Waals surface area contributed by atoms with E-state index in [2.05, 4.69) is 6.92 Å². The van der Waals surface area contributed by atoms with E-state index in [0.717, 1.165) is 25.7 Å². The number of ether oxygens (including phenoxy) is 1. The van der Waals surface area contributed by atoms with Gasteiger partial charge in [0.05, 0.1) is 11.6 Å². The summed E-state index contributed by atoms with van der Waals surface area (Å²) >= 11 is 0. The predicted molar refractivity (Wildman–Crippen MR) is 70.7 cm³/mol. The lowest BCUT2D eigenvalue weighted by atomic mass is 9.73. The molecule has 0 amide bonds. The van der Waals surface area contributed by atoms with E-state index in [0.29, 0.717) is 5.92 Å². The van der Waals surface area contributed by atoms with Crippen molar-refractivity contribution in [3.8, 4) is 0 Å². The molecule has 1 saturated carbocycles. The lowest BCUT2D eigenvalue weighted by Crippen LogP contribution is -2.47. The van der Waals surface area contributed by atoms with Crippen LogP contribution < -0.4 is 5.73 Å². The van der Waals surface area contributed by atoms with Gasteiger partial charge >= 0.3 is 0 Å². The molecule has 0 saturated heterocycles. The Hall–Kier alpha value is -1.00. The standard InChI is InChI=1S/C15H21F2NO/c1-10-5-4-8-15(9-10,19-2)14(18)13-11(16)6-3-7-12(13)17/h3,6-7,10,14H,4-5,8-9,18H2,1-2H3. The molecule has 4 heteroatoms. The van der Waals surface area contributed by atoms with Crippen LogP contribution in [0.1, 0.15) is 44.2 Å². The van der Waals surface area contributed by atoms with E-state index in [1.54, 1.807) is 7.11 Å². The highest BCUT2D eigenvalue weighted by Gasteiger charge is 2.43. The summed E-state index contributed by atoms with van der Waals surface area (Å²) in [5.41, 5.74) is 5.45. The van der Waals surface area contributed by atoms with Gasteiger partial charge in [0, 0.05) is 12.7 Å². The number of hydrogen-bond donors (Lipinski definition) is 1. The van der Waals surface area contributed by atoms with Crippen LogP contribution in [0, 0.1) is 17.6 Å². The Morgan fingerprint density at radius 3 is 2.53 bits per heavy atom. The molecule has 0 aliphatic heterocycles. The second kappa shape index (κ2) is 5.55. The molecule has 0 heterocycles. The van der Waals surface area contributed by atoms with Gasteiger partial charge in [-0.25, -0.2) is 8.78 Å². The minimum Gasteiger partial charge on any atom is -0.376 e. The van der Waals surface area contributed by atoms with E-state index in [-0.39, 0.29) is 5.56 Å². The molecule has 0 radical (unpaired) electrons. The fourth-order valence-corrected chi connectivity index (χ4v) is 3.21. The van der Waals surface area contributed by atoms with Gasteiger partial charge in [0.25, 0.3) is 0 Å². The first-order valence-electron chi connectivity index (χ1n) is 6.75. The van der Waals surface area contributed by atoms with Gasteiger partial charge in [-0.3, -0.25) is 0 Å². The zero-order valence-corrected chi connectivity index (χ0v) is 11.5.